The second kappa shape index (κ2) is 4.24. The molecule has 0 aliphatic heterocycles. The van der Waals surface area contributed by atoms with Gasteiger partial charge in [-0.15, -0.1) is 0 Å². The van der Waals surface area contributed by atoms with E-state index in [9.17, 15) is 4.79 Å². The van der Waals surface area contributed by atoms with E-state index in [0.717, 1.165) is 16.3 Å². The average molecular weight is 215 g/mol. The molecule has 0 amide bonds. The van der Waals surface area contributed by atoms with Crippen molar-refractivity contribution in [2.75, 3.05) is 5.75 Å². The van der Waals surface area contributed by atoms with Crippen molar-refractivity contribution in [3.05, 3.63) is 46.4 Å². The number of nitrogens with one attached hydrogen (secondary N) is 1. The molecule has 1 aromatic heterocycles. The third-order valence-corrected chi connectivity index (χ3v) is 2.21. The zero-order valence-electron chi connectivity index (χ0n) is 7.95. The molecule has 0 radical (unpaired) electrons. The summed E-state index contributed by atoms with van der Waals surface area (Å²) < 4.78 is 0. The number of H-pyrrole nitrogens is 1. The summed E-state index contributed by atoms with van der Waals surface area (Å²) in [6, 6.07) is 7.34. The number of aromatic nitrogens is 1. The fourth-order valence-electron chi connectivity index (χ4n) is 1.38. The van der Waals surface area contributed by atoms with Crippen LogP contribution in [-0.2, 0) is 0 Å². The van der Waals surface area contributed by atoms with Crippen LogP contribution in [0.1, 0.15) is 5.56 Å². The summed E-state index contributed by atoms with van der Waals surface area (Å²) >= 11 is 4.01. The molecule has 2 nitrogen and oxygen atoms in total. The number of pyridine rings is 1. The van der Waals surface area contributed by atoms with Gasteiger partial charge in [-0.2, -0.15) is 12.6 Å². The highest BCUT2D eigenvalue weighted by molar-refractivity contribution is 7.80. The summed E-state index contributed by atoms with van der Waals surface area (Å²) in [5.41, 5.74) is 0.809. The Morgan fingerprint density at radius 2 is 2.13 bits per heavy atom. The lowest BCUT2D eigenvalue weighted by Gasteiger charge is -1.96. The van der Waals surface area contributed by atoms with Crippen molar-refractivity contribution in [3.63, 3.8) is 0 Å². The highest BCUT2D eigenvalue weighted by Crippen LogP contribution is 2.12. The number of aromatic amines is 1. The van der Waals surface area contributed by atoms with E-state index in [4.69, 9.17) is 0 Å². The van der Waals surface area contributed by atoms with Gasteiger partial charge in [0.1, 0.15) is 0 Å². The number of thiol groups is 1. The van der Waals surface area contributed by atoms with E-state index in [1.54, 1.807) is 12.3 Å². The van der Waals surface area contributed by atoms with Crippen LogP contribution in [0.3, 0.4) is 0 Å². The first-order valence-corrected chi connectivity index (χ1v) is 5.15. The first-order valence-electron chi connectivity index (χ1n) is 4.52. The van der Waals surface area contributed by atoms with Crippen LogP contribution in [0.2, 0.25) is 0 Å². The van der Waals surface area contributed by atoms with Gasteiger partial charge in [-0.05, 0) is 22.9 Å². The number of rotatable bonds is 0. The molecule has 74 valence electrons. The van der Waals surface area contributed by atoms with Crippen molar-refractivity contribution >= 4 is 23.4 Å². The molecule has 0 aliphatic rings. The van der Waals surface area contributed by atoms with Crippen LogP contribution in [-0.4, -0.2) is 10.7 Å². The molecular weight excluding hydrogens is 206 g/mol. The summed E-state index contributed by atoms with van der Waals surface area (Å²) in [6.45, 7) is 0. The molecule has 0 spiro atoms. The molecule has 1 N–H and O–H groups in total. The molecule has 0 saturated heterocycles. The second-order valence-corrected chi connectivity index (χ2v) is 3.42. The number of fused-ring (bicyclic) bond motifs is 1. The Morgan fingerprint density at radius 1 is 1.27 bits per heavy atom. The van der Waals surface area contributed by atoms with Crippen molar-refractivity contribution in [2.24, 2.45) is 0 Å². The molecule has 0 fully saturated rings. The minimum absolute atomic E-state index is 0.0956. The Balaban J connectivity index is 2.59. The zero-order valence-corrected chi connectivity index (χ0v) is 8.84. The Bertz CT molecular complexity index is 604. The molecule has 1 aromatic carbocycles. The Morgan fingerprint density at radius 3 is 2.93 bits per heavy atom. The van der Waals surface area contributed by atoms with Gasteiger partial charge >= 0.3 is 0 Å². The summed E-state index contributed by atoms with van der Waals surface area (Å²) in [6.07, 6.45) is 1.70. The SMILES string of the molecule is O=c1cc2cc(C#CCS)ccc2c[nH]1. The molecule has 0 atom stereocenters. The number of benzene rings is 1. The van der Waals surface area contributed by atoms with Crippen LogP contribution in [0, 0.1) is 11.8 Å². The third kappa shape index (κ3) is 2.23. The van der Waals surface area contributed by atoms with Crippen molar-refractivity contribution in [2.45, 2.75) is 0 Å². The van der Waals surface area contributed by atoms with Crippen LogP contribution in [0.15, 0.2) is 35.3 Å². The quantitative estimate of drug-likeness (QED) is 0.510. The van der Waals surface area contributed by atoms with Crippen LogP contribution >= 0.6 is 12.6 Å². The van der Waals surface area contributed by atoms with Gasteiger partial charge in [-0.1, -0.05) is 17.9 Å². The highest BCUT2D eigenvalue weighted by atomic mass is 32.1. The van der Waals surface area contributed by atoms with Crippen molar-refractivity contribution in [1.82, 2.24) is 4.98 Å². The van der Waals surface area contributed by atoms with E-state index >= 15 is 0 Å². The second-order valence-electron chi connectivity index (χ2n) is 3.10. The van der Waals surface area contributed by atoms with Crippen LogP contribution in [0.5, 0.6) is 0 Å². The Labute approximate surface area is 92.7 Å². The maximum atomic E-state index is 11.1. The molecule has 3 heteroatoms. The van der Waals surface area contributed by atoms with Gasteiger partial charge in [-0.25, -0.2) is 0 Å². The van der Waals surface area contributed by atoms with E-state index < -0.39 is 0 Å². The van der Waals surface area contributed by atoms with Crippen LogP contribution in [0.4, 0.5) is 0 Å². The monoisotopic (exact) mass is 215 g/mol. The molecule has 15 heavy (non-hydrogen) atoms. The lowest BCUT2D eigenvalue weighted by molar-refractivity contribution is 1.27. The normalized spacial score (nSPS) is 9.67. The van der Waals surface area contributed by atoms with E-state index in [1.807, 2.05) is 18.2 Å². The van der Waals surface area contributed by atoms with Crippen molar-refractivity contribution in [3.8, 4) is 11.8 Å². The standard InChI is InChI=1S/C12H9NOS/c14-12-7-11-6-9(2-1-5-15)3-4-10(11)8-13-12/h3-4,6-8,15H,5H2,(H,13,14). The Kier molecular flexibility index (Phi) is 2.79. The van der Waals surface area contributed by atoms with Gasteiger partial charge in [0.05, 0.1) is 5.75 Å². The van der Waals surface area contributed by atoms with Crippen molar-refractivity contribution in [1.29, 1.82) is 0 Å². The summed E-state index contributed by atoms with van der Waals surface area (Å²) in [5.74, 6) is 6.37. The Hall–Kier alpha value is -1.66. The van der Waals surface area contributed by atoms with Gasteiger partial charge in [0.2, 0.25) is 5.56 Å². The van der Waals surface area contributed by atoms with Crippen molar-refractivity contribution < 1.29 is 0 Å². The van der Waals surface area contributed by atoms with Gasteiger partial charge in [0, 0.05) is 17.8 Å². The molecule has 1 heterocycles. The minimum atomic E-state index is -0.0956. The lowest BCUT2D eigenvalue weighted by atomic mass is 10.1. The fourth-order valence-corrected chi connectivity index (χ4v) is 1.46. The summed E-state index contributed by atoms with van der Waals surface area (Å²) in [4.78, 5) is 13.7. The molecule has 0 saturated carbocycles. The minimum Gasteiger partial charge on any atom is -0.328 e. The van der Waals surface area contributed by atoms with E-state index in [1.165, 1.54) is 0 Å². The molecule has 2 rings (SSSR count). The fraction of sp³-hybridized carbons (Fsp3) is 0.0833. The maximum Gasteiger partial charge on any atom is 0.248 e. The highest BCUT2D eigenvalue weighted by Gasteiger charge is 1.94. The van der Waals surface area contributed by atoms with Gasteiger partial charge in [0.15, 0.2) is 0 Å². The van der Waals surface area contributed by atoms with E-state index in [0.29, 0.717) is 5.75 Å². The first-order chi connectivity index (χ1) is 7.29. The molecule has 0 unspecified atom stereocenters. The smallest absolute Gasteiger partial charge is 0.248 e. The number of hydrogen-bond donors (Lipinski definition) is 2. The van der Waals surface area contributed by atoms with Gasteiger partial charge in [-0.3, -0.25) is 4.79 Å². The van der Waals surface area contributed by atoms with Gasteiger partial charge < -0.3 is 4.98 Å². The van der Waals surface area contributed by atoms with Crippen LogP contribution < -0.4 is 5.56 Å². The van der Waals surface area contributed by atoms with Gasteiger partial charge in [0.25, 0.3) is 0 Å². The largest absolute Gasteiger partial charge is 0.328 e. The molecule has 0 bridgehead atoms. The maximum absolute atomic E-state index is 11.1. The van der Waals surface area contributed by atoms with E-state index in [2.05, 4.69) is 29.5 Å². The average Bonchev–Trinajstić information content (AvgIpc) is 2.25. The molecule has 0 aliphatic carbocycles. The molecule has 2 aromatic rings. The summed E-state index contributed by atoms with van der Waals surface area (Å²) in [5, 5.41) is 1.91. The predicted octanol–water partition coefficient (Wildman–Crippen LogP) is 1.81. The van der Waals surface area contributed by atoms with Crippen LogP contribution in [0.25, 0.3) is 10.8 Å². The topological polar surface area (TPSA) is 32.9 Å². The molecular formula is C12H9NOS. The lowest BCUT2D eigenvalue weighted by Crippen LogP contribution is -2.01. The third-order valence-electron chi connectivity index (χ3n) is 2.06. The summed E-state index contributed by atoms with van der Waals surface area (Å²) in [7, 11) is 0. The predicted molar refractivity (Wildman–Crippen MR) is 65.3 cm³/mol. The van der Waals surface area contributed by atoms with E-state index in [-0.39, 0.29) is 5.56 Å². The zero-order chi connectivity index (χ0) is 10.7. The first kappa shape index (κ1) is 9.88. The number of hydrogen-bond acceptors (Lipinski definition) is 2.